The monoisotopic (exact) mass is 746 g/mol. The van der Waals surface area contributed by atoms with Crippen molar-refractivity contribution in [2.75, 3.05) is 39.5 Å². The first-order chi connectivity index (χ1) is 23.8. The van der Waals surface area contributed by atoms with Crippen molar-refractivity contribution < 1.29 is 42.5 Å². The van der Waals surface area contributed by atoms with Crippen LogP contribution in [0.15, 0.2) is 60.7 Å². The number of fused-ring (bicyclic) bond motifs is 2. The lowest BCUT2D eigenvalue weighted by Gasteiger charge is -2.32. The Labute approximate surface area is 310 Å². The van der Waals surface area contributed by atoms with Crippen molar-refractivity contribution in [3.8, 4) is 17.2 Å². The number of halogens is 3. The highest BCUT2D eigenvalue weighted by Gasteiger charge is 2.59. The second-order valence-corrected chi connectivity index (χ2v) is 12.7. The minimum absolute atomic E-state index is 0. The summed E-state index contributed by atoms with van der Waals surface area (Å²) < 4.78 is 40.9. The van der Waals surface area contributed by atoms with Gasteiger partial charge >= 0.3 is 17.7 Å². The van der Waals surface area contributed by atoms with Crippen molar-refractivity contribution in [3.63, 3.8) is 0 Å². The van der Waals surface area contributed by atoms with Crippen LogP contribution in [0, 0.1) is 11.7 Å². The number of benzene rings is 3. The topological polar surface area (TPSA) is 104 Å². The van der Waals surface area contributed by atoms with Crippen LogP contribution < -0.4 is 14.2 Å². The molecule has 3 aromatic rings. The number of rotatable bonds is 12. The van der Waals surface area contributed by atoms with Gasteiger partial charge in [0.05, 0.1) is 13.2 Å². The molecule has 6 rings (SSSR count). The van der Waals surface area contributed by atoms with Gasteiger partial charge < -0.3 is 23.7 Å². The first kappa shape index (κ1) is 39.9. The molecule has 3 aliphatic rings. The van der Waals surface area contributed by atoms with Gasteiger partial charge in [-0.25, -0.2) is 14.0 Å². The van der Waals surface area contributed by atoms with E-state index < -0.39 is 17.7 Å². The molecule has 0 spiro atoms. The van der Waals surface area contributed by atoms with Gasteiger partial charge in [0, 0.05) is 43.7 Å². The zero-order chi connectivity index (χ0) is 34.4. The average molecular weight is 748 g/mol. The van der Waals surface area contributed by atoms with Crippen LogP contribution in [0.5, 0.6) is 17.2 Å². The first-order valence-corrected chi connectivity index (χ1v) is 17.1. The molecule has 51 heavy (non-hydrogen) atoms. The Kier molecular flexibility index (Phi) is 14.1. The van der Waals surface area contributed by atoms with E-state index in [4.69, 9.17) is 23.7 Å². The molecule has 3 heterocycles. The molecule has 0 N–H and O–H groups in total. The number of piperidine rings is 1. The van der Waals surface area contributed by atoms with Gasteiger partial charge in [0.25, 0.3) is 0 Å². The smallest absolute Gasteiger partial charge is 0.453 e. The van der Waals surface area contributed by atoms with Crippen molar-refractivity contribution >= 4 is 42.5 Å². The number of esters is 2. The summed E-state index contributed by atoms with van der Waals surface area (Å²) in [5, 5.41) is 0. The van der Waals surface area contributed by atoms with E-state index in [-0.39, 0.29) is 61.1 Å². The van der Waals surface area contributed by atoms with E-state index in [1.165, 1.54) is 12.1 Å². The summed E-state index contributed by atoms with van der Waals surface area (Å²) in [4.78, 5) is 43.3. The summed E-state index contributed by atoms with van der Waals surface area (Å²) >= 11 is 0. The van der Waals surface area contributed by atoms with Gasteiger partial charge in [-0.05, 0) is 106 Å². The van der Waals surface area contributed by atoms with Crippen molar-refractivity contribution in [3.05, 3.63) is 88.7 Å². The molecule has 0 radical (unpaired) electrons. The third-order valence-corrected chi connectivity index (χ3v) is 9.26. The van der Waals surface area contributed by atoms with Crippen LogP contribution in [-0.4, -0.2) is 72.8 Å². The number of carbonyl (C=O) groups is 3. The van der Waals surface area contributed by atoms with E-state index in [9.17, 15) is 18.8 Å². The lowest BCUT2D eigenvalue weighted by Crippen LogP contribution is -2.55. The zero-order valence-electron chi connectivity index (χ0n) is 28.9. The van der Waals surface area contributed by atoms with E-state index in [1.807, 2.05) is 24.3 Å². The maximum absolute atomic E-state index is 13.4. The predicted molar refractivity (Wildman–Crippen MR) is 192 cm³/mol. The number of carbonyl (C=O) groups excluding carboxylic acids is 3. The first-order valence-electron chi connectivity index (χ1n) is 17.1. The molecule has 1 fully saturated rings. The Morgan fingerprint density at radius 3 is 2.10 bits per heavy atom. The second-order valence-electron chi connectivity index (χ2n) is 12.7. The molecule has 0 atom stereocenters. The minimum atomic E-state index is -2.31. The Bertz CT molecular complexity index is 1650. The molecule has 13 heteroatoms. The maximum Gasteiger partial charge on any atom is 0.453 e. The number of hydrogen-bond donors (Lipinski definition) is 0. The summed E-state index contributed by atoms with van der Waals surface area (Å²) in [6.07, 6.45) is 3.31. The van der Waals surface area contributed by atoms with Crippen LogP contribution in [0.25, 0.3) is 0 Å². The van der Waals surface area contributed by atoms with E-state index in [0.717, 1.165) is 61.3 Å². The molecular weight excluding hydrogens is 702 g/mol. The van der Waals surface area contributed by atoms with Gasteiger partial charge in [-0.15, -0.1) is 24.8 Å². The van der Waals surface area contributed by atoms with Crippen molar-refractivity contribution in [1.82, 2.24) is 9.80 Å². The van der Waals surface area contributed by atoms with Crippen LogP contribution in [0.3, 0.4) is 0 Å². The molecule has 276 valence electrons. The summed E-state index contributed by atoms with van der Waals surface area (Å²) in [5.74, 6) is -2.48. The normalized spacial score (nSPS) is 16.8. The van der Waals surface area contributed by atoms with Gasteiger partial charge in [0.1, 0.15) is 18.2 Å². The fraction of sp³-hybridized carbons (Fsp3) is 0.447. The lowest BCUT2D eigenvalue weighted by molar-refractivity contribution is -0.202. The molecule has 10 nitrogen and oxygen atoms in total. The summed E-state index contributed by atoms with van der Waals surface area (Å²) in [6, 6.07) is 17.7. The van der Waals surface area contributed by atoms with E-state index in [1.54, 1.807) is 38.1 Å². The van der Waals surface area contributed by atoms with Gasteiger partial charge in [-0.2, -0.15) is 0 Å². The molecule has 0 unspecified atom stereocenters. The van der Waals surface area contributed by atoms with E-state index in [2.05, 4.69) is 9.80 Å². The van der Waals surface area contributed by atoms with Crippen LogP contribution in [0.2, 0.25) is 0 Å². The van der Waals surface area contributed by atoms with Crippen molar-refractivity contribution in [2.45, 2.75) is 65.0 Å². The largest absolute Gasteiger partial charge is 0.492 e. The molecule has 3 aromatic carbocycles. The van der Waals surface area contributed by atoms with Gasteiger partial charge in [0.2, 0.25) is 0 Å². The summed E-state index contributed by atoms with van der Waals surface area (Å²) in [5.41, 5.74) is 3.70. The highest BCUT2D eigenvalue weighted by atomic mass is 35.5. The molecular formula is C38H45Cl2FN2O8. The van der Waals surface area contributed by atoms with Crippen molar-refractivity contribution in [1.29, 1.82) is 0 Å². The highest BCUT2D eigenvalue weighted by molar-refractivity contribution is 6.03. The third-order valence-electron chi connectivity index (χ3n) is 9.26. The predicted octanol–water partition coefficient (Wildman–Crippen LogP) is 6.53. The van der Waals surface area contributed by atoms with Crippen LogP contribution in [-0.2, 0) is 38.7 Å². The Morgan fingerprint density at radius 2 is 1.41 bits per heavy atom. The quantitative estimate of drug-likeness (QED) is 0.115. The zero-order valence-corrected chi connectivity index (χ0v) is 30.5. The van der Waals surface area contributed by atoms with Crippen LogP contribution in [0.1, 0.15) is 66.6 Å². The second kappa shape index (κ2) is 18.0. The average Bonchev–Trinajstić information content (AvgIpc) is 3.38. The molecule has 0 aliphatic carbocycles. The van der Waals surface area contributed by atoms with E-state index >= 15 is 0 Å². The van der Waals surface area contributed by atoms with Crippen LogP contribution in [0.4, 0.5) is 4.39 Å². The number of nitrogens with zero attached hydrogens (tertiary/aromatic N) is 2. The number of hydrogen-bond acceptors (Lipinski definition) is 10. The van der Waals surface area contributed by atoms with Crippen LogP contribution >= 0.6 is 24.8 Å². The fourth-order valence-electron chi connectivity index (χ4n) is 6.62. The SMILES string of the molecule is CCOC(=O)C1(C(=O)OCC)Oc2ccc(CN3CCC(CCC(=O)c4ccc5c(c4)CN(Cc4ccc(F)cc4)CCO5)CC3)cc2O1.Cl.Cl. The number of likely N-dealkylation sites (tertiary alicyclic amines) is 1. The molecule has 0 saturated carbocycles. The van der Waals surface area contributed by atoms with Gasteiger partial charge in [-0.1, -0.05) is 18.2 Å². The highest BCUT2D eigenvalue weighted by Crippen LogP contribution is 2.41. The third kappa shape index (κ3) is 9.51. The molecule has 1 saturated heterocycles. The Balaban J connectivity index is 0.00000292. The number of Topliss-reactive ketones (excluding diaryl/α,β-unsaturated/α-hetero) is 1. The molecule has 3 aliphatic heterocycles. The molecule has 0 bridgehead atoms. The van der Waals surface area contributed by atoms with Gasteiger partial charge in [-0.3, -0.25) is 14.6 Å². The standard InChI is InChI=1S/C38H43FN2O8.2ClH/c1-3-45-36(43)38(37(44)46-4-2)48-34-13-8-28(21-35(34)49-38)24-40-17-15-26(16-18-40)7-12-32(42)29-9-14-33-30(22-29)25-41(19-20-47-33)23-27-5-10-31(39)11-6-27;;/h5-6,8-11,13-14,21-22,26H,3-4,7,12,15-20,23-25H2,1-2H3;2*1H. The Hall–Kier alpha value is -3.90. The summed E-state index contributed by atoms with van der Waals surface area (Å²) in [7, 11) is 0. The van der Waals surface area contributed by atoms with E-state index in [0.29, 0.717) is 44.1 Å². The fourth-order valence-corrected chi connectivity index (χ4v) is 6.62. The maximum atomic E-state index is 13.4. The number of ether oxygens (including phenoxy) is 5. The Morgan fingerprint density at radius 1 is 0.784 bits per heavy atom. The number of ketones is 1. The summed E-state index contributed by atoms with van der Waals surface area (Å²) in [6.45, 7) is 8.48. The minimum Gasteiger partial charge on any atom is -0.492 e. The van der Waals surface area contributed by atoms with Gasteiger partial charge in [0.15, 0.2) is 17.3 Å². The molecule has 0 amide bonds. The van der Waals surface area contributed by atoms with Crippen molar-refractivity contribution in [2.24, 2.45) is 5.92 Å². The molecule has 0 aromatic heterocycles. The lowest BCUT2D eigenvalue weighted by atomic mass is 9.90.